The Morgan fingerprint density at radius 2 is 1.96 bits per heavy atom. The molecule has 0 aromatic heterocycles. The summed E-state index contributed by atoms with van der Waals surface area (Å²) in [5, 5.41) is 9.21. The van der Waals surface area contributed by atoms with Gasteiger partial charge in [-0.15, -0.1) is 0 Å². The Bertz CT molecular complexity index is 612. The lowest BCUT2D eigenvalue weighted by Gasteiger charge is -2.37. The zero-order valence-corrected chi connectivity index (χ0v) is 13.4. The molecule has 0 spiro atoms. The summed E-state index contributed by atoms with van der Waals surface area (Å²) in [5.74, 6) is 0.581. The van der Waals surface area contributed by atoms with Gasteiger partial charge < -0.3 is 9.64 Å². The Morgan fingerprint density at radius 3 is 2.54 bits per heavy atom. The summed E-state index contributed by atoms with van der Waals surface area (Å²) in [6, 6.07) is 5.32. The summed E-state index contributed by atoms with van der Waals surface area (Å²) >= 11 is 0. The topological polar surface area (TPSA) is 39.5 Å². The third kappa shape index (κ3) is 3.82. The Kier molecular flexibility index (Phi) is 4.97. The van der Waals surface area contributed by atoms with Crippen LogP contribution in [-0.2, 0) is 10.9 Å². The largest absolute Gasteiger partial charge is 0.416 e. The predicted molar refractivity (Wildman–Crippen MR) is 83.7 cm³/mol. The fraction of sp³-hybridized carbons (Fsp3) is 0.588. The standard InChI is InChI=1S/C17H20F3N3O/c18-17(19,20)15-1-2-16(14(9-15)10-21)23-6-4-22(5-7-23)11-13-3-8-24-12-13/h1-2,9,13H,3-8,11-12H2/t13-/m1/s1. The number of hydrogen-bond acceptors (Lipinski definition) is 4. The maximum Gasteiger partial charge on any atom is 0.416 e. The van der Waals surface area contributed by atoms with Crippen LogP contribution in [0.2, 0.25) is 0 Å². The molecule has 1 aromatic carbocycles. The van der Waals surface area contributed by atoms with Crippen LogP contribution in [0.3, 0.4) is 0 Å². The number of piperazine rings is 1. The molecule has 0 radical (unpaired) electrons. The summed E-state index contributed by atoms with van der Waals surface area (Å²) in [6.07, 6.45) is -3.33. The number of rotatable bonds is 3. The molecule has 1 atom stereocenters. The molecule has 130 valence electrons. The van der Waals surface area contributed by atoms with Crippen LogP contribution < -0.4 is 4.90 Å². The smallest absolute Gasteiger partial charge is 0.381 e. The van der Waals surface area contributed by atoms with Crippen molar-refractivity contribution < 1.29 is 17.9 Å². The first kappa shape index (κ1) is 17.1. The molecule has 0 unspecified atom stereocenters. The number of nitriles is 1. The minimum atomic E-state index is -4.42. The van der Waals surface area contributed by atoms with Gasteiger partial charge in [0.2, 0.25) is 0 Å². The molecular formula is C17H20F3N3O. The van der Waals surface area contributed by atoms with Gasteiger partial charge >= 0.3 is 6.18 Å². The Hall–Kier alpha value is -1.78. The molecule has 4 nitrogen and oxygen atoms in total. The second-order valence-electron chi connectivity index (χ2n) is 6.36. The summed E-state index contributed by atoms with van der Waals surface area (Å²) in [6.45, 7) is 5.79. The number of ether oxygens (including phenoxy) is 1. The molecule has 0 aliphatic carbocycles. The predicted octanol–water partition coefficient (Wildman–Crippen LogP) is 2.74. The van der Waals surface area contributed by atoms with Crippen LogP contribution in [0.15, 0.2) is 18.2 Å². The van der Waals surface area contributed by atoms with Crippen molar-refractivity contribution in [2.24, 2.45) is 5.92 Å². The maximum absolute atomic E-state index is 12.8. The van der Waals surface area contributed by atoms with Gasteiger partial charge in [0.15, 0.2) is 0 Å². The van der Waals surface area contributed by atoms with E-state index < -0.39 is 11.7 Å². The van der Waals surface area contributed by atoms with Gasteiger partial charge in [0, 0.05) is 39.3 Å². The highest BCUT2D eigenvalue weighted by molar-refractivity contribution is 5.61. The molecule has 0 saturated carbocycles. The van der Waals surface area contributed by atoms with E-state index in [1.54, 1.807) is 0 Å². The van der Waals surface area contributed by atoms with Crippen LogP contribution in [0.4, 0.5) is 18.9 Å². The lowest BCUT2D eigenvalue weighted by Crippen LogP contribution is -2.48. The van der Waals surface area contributed by atoms with Gasteiger partial charge in [-0.3, -0.25) is 4.90 Å². The molecule has 2 aliphatic rings. The molecule has 7 heteroatoms. The van der Waals surface area contributed by atoms with Gasteiger partial charge in [-0.2, -0.15) is 18.4 Å². The van der Waals surface area contributed by atoms with E-state index in [-0.39, 0.29) is 5.56 Å². The van der Waals surface area contributed by atoms with Crippen LogP contribution >= 0.6 is 0 Å². The zero-order chi connectivity index (χ0) is 17.2. The fourth-order valence-electron chi connectivity index (χ4n) is 3.34. The SMILES string of the molecule is N#Cc1cc(C(F)(F)F)ccc1N1CCN(C[C@H]2CCOC2)CC1. The van der Waals surface area contributed by atoms with E-state index in [1.165, 1.54) is 6.07 Å². The van der Waals surface area contributed by atoms with E-state index in [0.29, 0.717) is 24.7 Å². The van der Waals surface area contributed by atoms with E-state index >= 15 is 0 Å². The van der Waals surface area contributed by atoms with Crippen molar-refractivity contribution in [3.05, 3.63) is 29.3 Å². The molecule has 2 fully saturated rings. The van der Waals surface area contributed by atoms with Gasteiger partial charge in [0.1, 0.15) is 6.07 Å². The quantitative estimate of drug-likeness (QED) is 0.849. The van der Waals surface area contributed by atoms with E-state index in [1.807, 2.05) is 11.0 Å². The third-order valence-electron chi connectivity index (χ3n) is 4.70. The van der Waals surface area contributed by atoms with E-state index in [2.05, 4.69) is 4.90 Å². The lowest BCUT2D eigenvalue weighted by atomic mass is 10.1. The van der Waals surface area contributed by atoms with Crippen molar-refractivity contribution in [2.75, 3.05) is 50.8 Å². The highest BCUT2D eigenvalue weighted by Crippen LogP contribution is 2.33. The van der Waals surface area contributed by atoms with Gasteiger partial charge in [0.05, 0.1) is 23.4 Å². The molecule has 3 rings (SSSR count). The molecular weight excluding hydrogens is 319 g/mol. The Balaban J connectivity index is 1.64. The number of alkyl halides is 3. The fourth-order valence-corrected chi connectivity index (χ4v) is 3.34. The lowest BCUT2D eigenvalue weighted by molar-refractivity contribution is -0.137. The molecule has 1 aromatic rings. The highest BCUT2D eigenvalue weighted by atomic mass is 19.4. The Labute approximate surface area is 139 Å². The summed E-state index contributed by atoms with van der Waals surface area (Å²) in [7, 11) is 0. The van der Waals surface area contributed by atoms with Crippen molar-refractivity contribution in [1.82, 2.24) is 4.90 Å². The molecule has 0 N–H and O–H groups in total. The first-order chi connectivity index (χ1) is 11.5. The number of benzene rings is 1. The minimum absolute atomic E-state index is 0.0856. The van der Waals surface area contributed by atoms with Crippen molar-refractivity contribution >= 4 is 5.69 Å². The third-order valence-corrected chi connectivity index (χ3v) is 4.70. The van der Waals surface area contributed by atoms with Crippen LogP contribution in [0.25, 0.3) is 0 Å². The number of nitrogens with zero attached hydrogens (tertiary/aromatic N) is 3. The summed E-state index contributed by atoms with van der Waals surface area (Å²) < 4.78 is 43.7. The molecule has 0 bridgehead atoms. The van der Waals surface area contributed by atoms with E-state index in [9.17, 15) is 18.4 Å². The molecule has 0 amide bonds. The summed E-state index contributed by atoms with van der Waals surface area (Å²) in [4.78, 5) is 4.37. The highest BCUT2D eigenvalue weighted by Gasteiger charge is 2.32. The minimum Gasteiger partial charge on any atom is -0.381 e. The normalized spacial score (nSPS) is 22.6. The zero-order valence-electron chi connectivity index (χ0n) is 13.4. The molecule has 2 aliphatic heterocycles. The molecule has 2 heterocycles. The monoisotopic (exact) mass is 339 g/mol. The van der Waals surface area contributed by atoms with Crippen LogP contribution in [0.5, 0.6) is 0 Å². The van der Waals surface area contributed by atoms with Crippen molar-refractivity contribution in [1.29, 1.82) is 5.26 Å². The summed E-state index contributed by atoms with van der Waals surface area (Å²) in [5.41, 5.74) is -0.0977. The van der Waals surface area contributed by atoms with Crippen LogP contribution in [0, 0.1) is 17.2 Å². The molecule has 24 heavy (non-hydrogen) atoms. The maximum atomic E-state index is 12.8. The van der Waals surface area contributed by atoms with Gasteiger partial charge in [-0.1, -0.05) is 0 Å². The average molecular weight is 339 g/mol. The van der Waals surface area contributed by atoms with Crippen LogP contribution in [-0.4, -0.2) is 50.8 Å². The van der Waals surface area contributed by atoms with Crippen molar-refractivity contribution in [2.45, 2.75) is 12.6 Å². The molecule has 2 saturated heterocycles. The second kappa shape index (κ2) is 6.99. The Morgan fingerprint density at radius 1 is 1.21 bits per heavy atom. The first-order valence-corrected chi connectivity index (χ1v) is 8.14. The first-order valence-electron chi connectivity index (χ1n) is 8.14. The second-order valence-corrected chi connectivity index (χ2v) is 6.36. The van der Waals surface area contributed by atoms with Crippen molar-refractivity contribution in [3.8, 4) is 6.07 Å². The van der Waals surface area contributed by atoms with E-state index in [0.717, 1.165) is 51.4 Å². The van der Waals surface area contributed by atoms with Gasteiger partial charge in [0.25, 0.3) is 0 Å². The van der Waals surface area contributed by atoms with Crippen molar-refractivity contribution in [3.63, 3.8) is 0 Å². The van der Waals surface area contributed by atoms with Gasteiger partial charge in [-0.25, -0.2) is 0 Å². The van der Waals surface area contributed by atoms with E-state index in [4.69, 9.17) is 4.74 Å². The van der Waals surface area contributed by atoms with Crippen LogP contribution in [0.1, 0.15) is 17.5 Å². The number of anilines is 1. The number of hydrogen-bond donors (Lipinski definition) is 0. The number of halogens is 3. The van der Waals surface area contributed by atoms with Gasteiger partial charge in [-0.05, 0) is 30.5 Å². The average Bonchev–Trinajstić information content (AvgIpc) is 3.07.